The number of aromatic nitrogens is 3. The van der Waals surface area contributed by atoms with Gasteiger partial charge >= 0.3 is 0 Å². The summed E-state index contributed by atoms with van der Waals surface area (Å²) >= 11 is 0. The van der Waals surface area contributed by atoms with Gasteiger partial charge in [0.1, 0.15) is 12.1 Å². The molecule has 6 heteroatoms. The summed E-state index contributed by atoms with van der Waals surface area (Å²) in [6.07, 6.45) is 3.55. The van der Waals surface area contributed by atoms with E-state index in [0.29, 0.717) is 19.0 Å². The van der Waals surface area contributed by atoms with Gasteiger partial charge in [-0.2, -0.15) is 0 Å². The Morgan fingerprint density at radius 3 is 2.96 bits per heavy atom. The van der Waals surface area contributed by atoms with E-state index in [0.717, 1.165) is 23.4 Å². The molecule has 2 aromatic heterocycles. The summed E-state index contributed by atoms with van der Waals surface area (Å²) in [5, 5.41) is 4.39. The quantitative estimate of drug-likeness (QED) is 0.679. The Morgan fingerprint density at radius 2 is 2.09 bits per heavy atom. The molecular formula is C17H20N4O2. The normalized spacial score (nSPS) is 11.0. The lowest BCUT2D eigenvalue weighted by Gasteiger charge is -2.07. The van der Waals surface area contributed by atoms with E-state index in [1.54, 1.807) is 7.11 Å². The van der Waals surface area contributed by atoms with Gasteiger partial charge < -0.3 is 19.4 Å². The van der Waals surface area contributed by atoms with Crippen molar-refractivity contribution in [2.75, 3.05) is 20.3 Å². The number of hydrogen-bond donors (Lipinski definition) is 1. The Hall–Kier alpha value is -2.44. The standard InChI is InChI=1S/C17H20N4O2/c1-21-7-5-13-9-15(3-4-16(13)21)23-17-10-14(19-12-20-17)11-18-6-8-22-2/h3-5,7,9-10,12,18H,6,8,11H2,1-2H3. The van der Waals surface area contributed by atoms with Crippen LogP contribution in [0.2, 0.25) is 0 Å². The molecule has 0 aliphatic heterocycles. The Kier molecular flexibility index (Phi) is 4.85. The fraction of sp³-hybridized carbons (Fsp3) is 0.294. The number of ether oxygens (including phenoxy) is 2. The van der Waals surface area contributed by atoms with Crippen LogP contribution in [0.25, 0.3) is 10.9 Å². The van der Waals surface area contributed by atoms with E-state index >= 15 is 0 Å². The van der Waals surface area contributed by atoms with Crippen LogP contribution in [0.5, 0.6) is 11.6 Å². The van der Waals surface area contributed by atoms with E-state index in [1.807, 2.05) is 37.5 Å². The van der Waals surface area contributed by atoms with Crippen molar-refractivity contribution in [2.24, 2.45) is 7.05 Å². The minimum absolute atomic E-state index is 0.541. The second-order valence-corrected chi connectivity index (χ2v) is 5.27. The molecule has 0 radical (unpaired) electrons. The summed E-state index contributed by atoms with van der Waals surface area (Å²) in [6.45, 7) is 2.10. The molecule has 6 nitrogen and oxygen atoms in total. The zero-order valence-electron chi connectivity index (χ0n) is 13.3. The SMILES string of the molecule is COCCNCc1cc(Oc2ccc3c(ccn3C)c2)ncn1. The van der Waals surface area contributed by atoms with E-state index in [9.17, 15) is 0 Å². The van der Waals surface area contributed by atoms with Crippen molar-refractivity contribution in [3.05, 3.63) is 48.5 Å². The summed E-state index contributed by atoms with van der Waals surface area (Å²) in [7, 11) is 3.71. The van der Waals surface area contributed by atoms with Crippen LogP contribution in [-0.4, -0.2) is 34.8 Å². The summed E-state index contributed by atoms with van der Waals surface area (Å²) in [5.41, 5.74) is 2.05. The van der Waals surface area contributed by atoms with Crippen molar-refractivity contribution in [1.82, 2.24) is 19.9 Å². The van der Waals surface area contributed by atoms with Gasteiger partial charge in [0.25, 0.3) is 0 Å². The second-order valence-electron chi connectivity index (χ2n) is 5.27. The molecule has 0 saturated carbocycles. The Bertz CT molecular complexity index is 785. The molecule has 1 N–H and O–H groups in total. The molecule has 0 saturated heterocycles. The molecule has 0 aliphatic carbocycles. The fourth-order valence-electron chi connectivity index (χ4n) is 2.36. The molecule has 0 atom stereocenters. The van der Waals surface area contributed by atoms with Crippen molar-refractivity contribution < 1.29 is 9.47 Å². The number of nitrogens with one attached hydrogen (secondary N) is 1. The summed E-state index contributed by atoms with van der Waals surface area (Å²) in [5.74, 6) is 1.31. The first kappa shape index (κ1) is 15.5. The van der Waals surface area contributed by atoms with E-state index in [2.05, 4.69) is 25.9 Å². The molecule has 0 amide bonds. The Labute approximate surface area is 135 Å². The Balaban J connectivity index is 1.68. The molecule has 0 unspecified atom stereocenters. The molecule has 120 valence electrons. The largest absolute Gasteiger partial charge is 0.439 e. The predicted molar refractivity (Wildman–Crippen MR) is 88.6 cm³/mol. The molecule has 2 heterocycles. The van der Waals surface area contributed by atoms with Gasteiger partial charge in [-0.15, -0.1) is 0 Å². The molecule has 0 aliphatic rings. The molecule has 3 aromatic rings. The second kappa shape index (κ2) is 7.21. The number of nitrogens with zero attached hydrogens (tertiary/aromatic N) is 3. The lowest BCUT2D eigenvalue weighted by atomic mass is 10.2. The average molecular weight is 312 g/mol. The van der Waals surface area contributed by atoms with Crippen LogP contribution < -0.4 is 10.1 Å². The smallest absolute Gasteiger partial charge is 0.222 e. The lowest BCUT2D eigenvalue weighted by Crippen LogP contribution is -2.19. The number of fused-ring (bicyclic) bond motifs is 1. The van der Waals surface area contributed by atoms with E-state index in [-0.39, 0.29) is 0 Å². The minimum atomic E-state index is 0.541. The maximum Gasteiger partial charge on any atom is 0.222 e. The number of rotatable bonds is 7. The lowest BCUT2D eigenvalue weighted by molar-refractivity contribution is 0.199. The maximum absolute atomic E-state index is 5.85. The van der Waals surface area contributed by atoms with E-state index in [4.69, 9.17) is 9.47 Å². The molecule has 0 spiro atoms. The highest BCUT2D eigenvalue weighted by Gasteiger charge is 2.04. The summed E-state index contributed by atoms with van der Waals surface area (Å²) in [4.78, 5) is 8.41. The number of hydrogen-bond acceptors (Lipinski definition) is 5. The zero-order chi connectivity index (χ0) is 16.1. The van der Waals surface area contributed by atoms with Crippen molar-refractivity contribution in [3.63, 3.8) is 0 Å². The molecule has 0 fully saturated rings. The van der Waals surface area contributed by atoms with Crippen LogP contribution in [0.4, 0.5) is 0 Å². The minimum Gasteiger partial charge on any atom is -0.439 e. The van der Waals surface area contributed by atoms with Crippen LogP contribution in [0.1, 0.15) is 5.69 Å². The number of aryl methyl sites for hydroxylation is 1. The third-order valence-electron chi connectivity index (χ3n) is 3.57. The number of benzene rings is 1. The highest BCUT2D eigenvalue weighted by atomic mass is 16.5. The molecule has 1 aromatic carbocycles. The number of methoxy groups -OCH3 is 1. The van der Waals surface area contributed by atoms with Crippen molar-refractivity contribution in [2.45, 2.75) is 6.54 Å². The monoisotopic (exact) mass is 312 g/mol. The first-order valence-electron chi connectivity index (χ1n) is 7.50. The highest BCUT2D eigenvalue weighted by molar-refractivity contribution is 5.81. The van der Waals surface area contributed by atoms with Gasteiger partial charge in [0.2, 0.25) is 5.88 Å². The van der Waals surface area contributed by atoms with Gasteiger partial charge in [-0.3, -0.25) is 0 Å². The molecule has 0 bridgehead atoms. The van der Waals surface area contributed by atoms with Crippen LogP contribution in [0, 0.1) is 0 Å². The van der Waals surface area contributed by atoms with Gasteiger partial charge in [-0.25, -0.2) is 9.97 Å². The van der Waals surface area contributed by atoms with Crippen molar-refractivity contribution >= 4 is 10.9 Å². The summed E-state index contributed by atoms with van der Waals surface area (Å²) in [6, 6.07) is 9.90. The Morgan fingerprint density at radius 1 is 1.17 bits per heavy atom. The highest BCUT2D eigenvalue weighted by Crippen LogP contribution is 2.25. The predicted octanol–water partition coefficient (Wildman–Crippen LogP) is 2.50. The van der Waals surface area contributed by atoms with Gasteiger partial charge in [0.15, 0.2) is 0 Å². The van der Waals surface area contributed by atoms with Gasteiger partial charge in [-0.05, 0) is 24.3 Å². The first-order chi connectivity index (χ1) is 11.3. The molecular weight excluding hydrogens is 292 g/mol. The topological polar surface area (TPSA) is 61.2 Å². The average Bonchev–Trinajstić information content (AvgIpc) is 2.93. The van der Waals surface area contributed by atoms with Crippen LogP contribution in [-0.2, 0) is 18.3 Å². The fourth-order valence-corrected chi connectivity index (χ4v) is 2.36. The van der Waals surface area contributed by atoms with Crippen molar-refractivity contribution in [1.29, 1.82) is 0 Å². The molecule has 23 heavy (non-hydrogen) atoms. The van der Waals surface area contributed by atoms with Crippen molar-refractivity contribution in [3.8, 4) is 11.6 Å². The maximum atomic E-state index is 5.85. The van der Waals surface area contributed by atoms with E-state index < -0.39 is 0 Å². The van der Waals surface area contributed by atoms with Crippen LogP contribution in [0.15, 0.2) is 42.9 Å². The van der Waals surface area contributed by atoms with Crippen LogP contribution in [0.3, 0.4) is 0 Å². The van der Waals surface area contributed by atoms with E-state index in [1.165, 1.54) is 11.8 Å². The third kappa shape index (κ3) is 3.85. The summed E-state index contributed by atoms with van der Waals surface area (Å²) < 4.78 is 12.9. The third-order valence-corrected chi connectivity index (χ3v) is 3.57. The first-order valence-corrected chi connectivity index (χ1v) is 7.50. The van der Waals surface area contributed by atoms with Gasteiger partial charge in [0, 0.05) is 50.4 Å². The zero-order valence-corrected chi connectivity index (χ0v) is 13.3. The van der Waals surface area contributed by atoms with Crippen LogP contribution >= 0.6 is 0 Å². The van der Waals surface area contributed by atoms with Gasteiger partial charge in [0.05, 0.1) is 12.3 Å². The van der Waals surface area contributed by atoms with Gasteiger partial charge in [-0.1, -0.05) is 0 Å². The molecule has 3 rings (SSSR count).